The Balaban J connectivity index is 2.37. The number of ketones is 1. The van der Waals surface area contributed by atoms with E-state index in [1.807, 2.05) is 13.8 Å². The van der Waals surface area contributed by atoms with Gasteiger partial charge in [0.05, 0.1) is 29.8 Å². The van der Waals surface area contributed by atoms with Gasteiger partial charge in [-0.3, -0.25) is 9.78 Å². The molecule has 0 radical (unpaired) electrons. The van der Waals surface area contributed by atoms with Gasteiger partial charge in [0.2, 0.25) is 0 Å². The highest BCUT2D eigenvalue weighted by atomic mass is 35.5. The van der Waals surface area contributed by atoms with Crippen LogP contribution in [0.3, 0.4) is 0 Å². The number of aromatic nitrogens is 1. The van der Waals surface area contributed by atoms with Gasteiger partial charge in [0.25, 0.3) is 0 Å². The lowest BCUT2D eigenvalue weighted by Crippen LogP contribution is -2.10. The van der Waals surface area contributed by atoms with E-state index in [4.69, 9.17) is 16.3 Å². The number of benzene rings is 1. The summed E-state index contributed by atoms with van der Waals surface area (Å²) in [5.41, 5.74) is 2.12. The molecule has 0 fully saturated rings. The summed E-state index contributed by atoms with van der Waals surface area (Å²) >= 11 is 5.91. The van der Waals surface area contributed by atoms with Crippen molar-refractivity contribution >= 4 is 17.4 Å². The molecule has 21 heavy (non-hydrogen) atoms. The zero-order valence-electron chi connectivity index (χ0n) is 12.0. The molecule has 2 aromatic rings. The van der Waals surface area contributed by atoms with Crippen LogP contribution < -0.4 is 4.74 Å². The molecule has 0 saturated carbocycles. The largest absolute Gasteiger partial charge is 0.496 e. The lowest BCUT2D eigenvalue weighted by molar-refractivity contribution is 0.0988. The van der Waals surface area contributed by atoms with E-state index >= 15 is 0 Å². The summed E-state index contributed by atoms with van der Waals surface area (Å²) in [4.78, 5) is 16.5. The summed E-state index contributed by atoms with van der Waals surface area (Å²) in [5, 5.41) is 0.108. The number of carbonyl (C=O) groups excluding carboxylic acids is 1. The van der Waals surface area contributed by atoms with Crippen molar-refractivity contribution in [2.24, 2.45) is 0 Å². The van der Waals surface area contributed by atoms with Crippen LogP contribution in [0.15, 0.2) is 24.4 Å². The molecule has 0 aliphatic heterocycles. The van der Waals surface area contributed by atoms with Crippen molar-refractivity contribution in [1.29, 1.82) is 0 Å². The van der Waals surface area contributed by atoms with E-state index in [1.165, 1.54) is 18.2 Å². The Morgan fingerprint density at radius 1 is 1.38 bits per heavy atom. The molecule has 0 N–H and O–H groups in total. The second-order valence-electron chi connectivity index (χ2n) is 4.74. The molecule has 3 nitrogen and oxygen atoms in total. The zero-order chi connectivity index (χ0) is 15.6. The Morgan fingerprint density at radius 3 is 2.71 bits per heavy atom. The van der Waals surface area contributed by atoms with Crippen molar-refractivity contribution in [2.75, 3.05) is 7.11 Å². The first-order chi connectivity index (χ1) is 9.95. The number of methoxy groups -OCH3 is 1. The third-order valence-electron chi connectivity index (χ3n) is 3.32. The highest BCUT2D eigenvalue weighted by molar-refractivity contribution is 6.34. The maximum absolute atomic E-state index is 13.8. The summed E-state index contributed by atoms with van der Waals surface area (Å²) in [6.07, 6.45) is 1.61. The Morgan fingerprint density at radius 2 is 2.10 bits per heavy atom. The first-order valence-electron chi connectivity index (χ1n) is 6.42. The maximum atomic E-state index is 13.8. The van der Waals surface area contributed by atoms with E-state index in [1.54, 1.807) is 13.3 Å². The quantitative estimate of drug-likeness (QED) is 0.804. The molecule has 0 spiro atoms. The standard InChI is InChI=1S/C16H15ClFNO2/c1-9-8-19-13(10(2)16(9)21-3)7-14(20)15-11(17)5-4-6-12(15)18/h4-6,8H,7H2,1-3H3. The highest BCUT2D eigenvalue weighted by Gasteiger charge is 2.19. The molecule has 0 amide bonds. The minimum Gasteiger partial charge on any atom is -0.496 e. The van der Waals surface area contributed by atoms with E-state index in [0.717, 1.165) is 11.1 Å². The molecule has 1 heterocycles. The molecule has 0 atom stereocenters. The minimum absolute atomic E-state index is 0.0247. The van der Waals surface area contributed by atoms with Crippen LogP contribution in [0, 0.1) is 19.7 Å². The van der Waals surface area contributed by atoms with Gasteiger partial charge in [-0.25, -0.2) is 4.39 Å². The second kappa shape index (κ2) is 6.22. The van der Waals surface area contributed by atoms with Crippen molar-refractivity contribution in [1.82, 2.24) is 4.98 Å². The van der Waals surface area contributed by atoms with Crippen LogP contribution in [0.25, 0.3) is 0 Å². The van der Waals surface area contributed by atoms with E-state index in [-0.39, 0.29) is 17.0 Å². The van der Waals surface area contributed by atoms with Gasteiger partial charge in [-0.1, -0.05) is 17.7 Å². The lowest BCUT2D eigenvalue weighted by atomic mass is 10.0. The summed E-state index contributed by atoms with van der Waals surface area (Å²) < 4.78 is 19.1. The van der Waals surface area contributed by atoms with Crippen molar-refractivity contribution in [3.63, 3.8) is 0 Å². The van der Waals surface area contributed by atoms with E-state index in [2.05, 4.69) is 4.98 Å². The molecule has 0 aliphatic rings. The number of hydrogen-bond donors (Lipinski definition) is 0. The Hall–Kier alpha value is -1.94. The minimum atomic E-state index is -0.621. The van der Waals surface area contributed by atoms with Crippen LogP contribution in [0.5, 0.6) is 5.75 Å². The fourth-order valence-corrected chi connectivity index (χ4v) is 2.52. The van der Waals surface area contributed by atoms with Gasteiger partial charge in [0.15, 0.2) is 5.78 Å². The lowest BCUT2D eigenvalue weighted by Gasteiger charge is -2.12. The molecule has 1 aromatic carbocycles. The normalized spacial score (nSPS) is 10.5. The molecule has 2 rings (SSSR count). The number of hydrogen-bond acceptors (Lipinski definition) is 3. The van der Waals surface area contributed by atoms with Crippen molar-refractivity contribution < 1.29 is 13.9 Å². The summed E-state index contributed by atoms with van der Waals surface area (Å²) in [5.74, 6) is -0.337. The molecule has 0 unspecified atom stereocenters. The average molecular weight is 308 g/mol. The summed E-state index contributed by atoms with van der Waals surface area (Å²) in [6.45, 7) is 3.70. The predicted octanol–water partition coefficient (Wildman–Crippen LogP) is 3.92. The molecule has 0 bridgehead atoms. The van der Waals surface area contributed by atoms with Crippen molar-refractivity contribution in [3.05, 3.63) is 57.6 Å². The Bertz CT molecular complexity index is 681. The number of nitrogens with zero attached hydrogens (tertiary/aromatic N) is 1. The fourth-order valence-electron chi connectivity index (χ4n) is 2.25. The van der Waals surface area contributed by atoms with Gasteiger partial charge in [0, 0.05) is 17.3 Å². The summed E-state index contributed by atoms with van der Waals surface area (Å²) in [7, 11) is 1.56. The van der Waals surface area contributed by atoms with Crippen molar-refractivity contribution in [2.45, 2.75) is 20.3 Å². The molecule has 5 heteroatoms. The van der Waals surface area contributed by atoms with E-state index in [9.17, 15) is 9.18 Å². The number of aryl methyl sites for hydroxylation is 1. The van der Waals surface area contributed by atoms with Gasteiger partial charge in [-0.15, -0.1) is 0 Å². The monoisotopic (exact) mass is 307 g/mol. The number of carbonyl (C=O) groups is 1. The average Bonchev–Trinajstić information content (AvgIpc) is 2.42. The Labute approximate surface area is 127 Å². The SMILES string of the molecule is COc1c(C)cnc(CC(=O)c2c(F)cccc2Cl)c1C. The third-order valence-corrected chi connectivity index (χ3v) is 3.63. The van der Waals surface area contributed by atoms with Crippen LogP contribution in [-0.4, -0.2) is 17.9 Å². The highest BCUT2D eigenvalue weighted by Crippen LogP contribution is 2.26. The number of Topliss-reactive ketones (excluding diaryl/α,β-unsaturated/α-hetero) is 1. The van der Waals surface area contributed by atoms with Crippen LogP contribution >= 0.6 is 11.6 Å². The molecule has 0 aliphatic carbocycles. The smallest absolute Gasteiger partial charge is 0.173 e. The van der Waals surface area contributed by atoms with Gasteiger partial charge < -0.3 is 4.74 Å². The molecular weight excluding hydrogens is 293 g/mol. The second-order valence-corrected chi connectivity index (χ2v) is 5.15. The zero-order valence-corrected chi connectivity index (χ0v) is 12.8. The van der Waals surface area contributed by atoms with Gasteiger partial charge in [-0.05, 0) is 26.0 Å². The number of halogens is 2. The van der Waals surface area contributed by atoms with Crippen molar-refractivity contribution in [3.8, 4) is 5.75 Å². The van der Waals surface area contributed by atoms with E-state index < -0.39 is 11.6 Å². The van der Waals surface area contributed by atoms with Gasteiger partial charge in [0.1, 0.15) is 11.6 Å². The van der Waals surface area contributed by atoms with Gasteiger partial charge >= 0.3 is 0 Å². The molecular formula is C16H15ClFNO2. The number of rotatable bonds is 4. The van der Waals surface area contributed by atoms with Crippen LogP contribution in [0.4, 0.5) is 4.39 Å². The molecule has 110 valence electrons. The van der Waals surface area contributed by atoms with Crippen LogP contribution in [0.2, 0.25) is 5.02 Å². The maximum Gasteiger partial charge on any atom is 0.173 e. The predicted molar refractivity (Wildman–Crippen MR) is 79.7 cm³/mol. The third kappa shape index (κ3) is 3.05. The van der Waals surface area contributed by atoms with Crippen LogP contribution in [0.1, 0.15) is 27.2 Å². The molecule has 1 aromatic heterocycles. The van der Waals surface area contributed by atoms with Crippen LogP contribution in [-0.2, 0) is 6.42 Å². The first-order valence-corrected chi connectivity index (χ1v) is 6.79. The topological polar surface area (TPSA) is 39.2 Å². The first kappa shape index (κ1) is 15.4. The van der Waals surface area contributed by atoms with Gasteiger partial charge in [-0.2, -0.15) is 0 Å². The molecule has 0 saturated heterocycles. The Kier molecular flexibility index (Phi) is 4.58. The number of pyridine rings is 1. The summed E-state index contributed by atoms with van der Waals surface area (Å²) in [6, 6.07) is 4.18. The fraction of sp³-hybridized carbons (Fsp3) is 0.250. The van der Waals surface area contributed by atoms with E-state index in [0.29, 0.717) is 11.4 Å². The number of ether oxygens (including phenoxy) is 1.